The topological polar surface area (TPSA) is 94.3 Å². The van der Waals surface area contributed by atoms with Gasteiger partial charge < -0.3 is 15.8 Å². The Morgan fingerprint density at radius 1 is 1.44 bits per heavy atom. The molecule has 96 valence electrons. The number of hydrogen-bond donors (Lipinski definition) is 2. The van der Waals surface area contributed by atoms with Crippen molar-refractivity contribution >= 4 is 11.8 Å². The summed E-state index contributed by atoms with van der Waals surface area (Å²) in [6.07, 6.45) is 1.91. The van der Waals surface area contributed by atoms with E-state index in [2.05, 4.69) is 10.3 Å². The van der Waals surface area contributed by atoms with Crippen LogP contribution in [0.3, 0.4) is 0 Å². The number of aromatic nitrogens is 1. The van der Waals surface area contributed by atoms with Gasteiger partial charge >= 0.3 is 0 Å². The Hall–Kier alpha value is -1.95. The van der Waals surface area contributed by atoms with Crippen molar-refractivity contribution < 1.29 is 14.3 Å². The Morgan fingerprint density at radius 3 is 2.72 bits per heavy atom. The lowest BCUT2D eigenvalue weighted by atomic mass is 9.92. The van der Waals surface area contributed by atoms with E-state index in [0.717, 1.165) is 0 Å². The first kappa shape index (κ1) is 12.5. The molecule has 1 fully saturated rings. The molecule has 1 aromatic heterocycles. The van der Waals surface area contributed by atoms with Gasteiger partial charge in [0.2, 0.25) is 11.8 Å². The monoisotopic (exact) mass is 249 g/mol. The summed E-state index contributed by atoms with van der Waals surface area (Å²) >= 11 is 0. The number of hydrogen-bond acceptors (Lipinski definition) is 4. The van der Waals surface area contributed by atoms with E-state index in [9.17, 15) is 9.59 Å². The van der Waals surface area contributed by atoms with Crippen molar-refractivity contribution in [3.8, 4) is 0 Å². The molecular weight excluding hydrogens is 234 g/mol. The Balaban J connectivity index is 1.92. The molecule has 3 N–H and O–H groups in total. The van der Waals surface area contributed by atoms with Gasteiger partial charge in [-0.25, -0.2) is 0 Å². The second-order valence-electron chi connectivity index (χ2n) is 4.46. The van der Waals surface area contributed by atoms with E-state index in [1.54, 1.807) is 18.3 Å². The molecule has 2 rings (SSSR count). The third-order valence-corrected chi connectivity index (χ3v) is 2.74. The fourth-order valence-electron chi connectivity index (χ4n) is 1.91. The highest BCUT2D eigenvalue weighted by molar-refractivity contribution is 5.81. The van der Waals surface area contributed by atoms with Crippen LogP contribution in [0.5, 0.6) is 0 Å². The van der Waals surface area contributed by atoms with Crippen LogP contribution in [0.2, 0.25) is 0 Å². The minimum absolute atomic E-state index is 0.0982. The molecule has 6 nitrogen and oxygen atoms in total. The zero-order valence-electron chi connectivity index (χ0n) is 9.89. The molecule has 18 heavy (non-hydrogen) atoms. The maximum Gasteiger partial charge on any atom is 0.226 e. The van der Waals surface area contributed by atoms with Crippen molar-refractivity contribution in [1.29, 1.82) is 0 Å². The van der Waals surface area contributed by atoms with Gasteiger partial charge in [0.15, 0.2) is 0 Å². The number of ether oxygens (including phenoxy) is 1. The molecule has 0 aromatic carbocycles. The van der Waals surface area contributed by atoms with Crippen LogP contribution in [0, 0.1) is 0 Å². The maximum atomic E-state index is 11.8. The van der Waals surface area contributed by atoms with Crippen molar-refractivity contribution in [2.45, 2.75) is 18.4 Å². The van der Waals surface area contributed by atoms with E-state index in [1.807, 2.05) is 6.07 Å². The van der Waals surface area contributed by atoms with E-state index < -0.39 is 11.4 Å². The van der Waals surface area contributed by atoms with Crippen LogP contribution in [0.25, 0.3) is 0 Å². The molecule has 0 saturated carbocycles. The van der Waals surface area contributed by atoms with Crippen LogP contribution < -0.4 is 11.1 Å². The van der Waals surface area contributed by atoms with Gasteiger partial charge in [-0.3, -0.25) is 14.6 Å². The lowest BCUT2D eigenvalue weighted by Crippen LogP contribution is -2.63. The van der Waals surface area contributed by atoms with E-state index >= 15 is 0 Å². The summed E-state index contributed by atoms with van der Waals surface area (Å²) in [6, 6.07) is 5.38. The van der Waals surface area contributed by atoms with Crippen LogP contribution in [-0.2, 0) is 20.7 Å². The quantitative estimate of drug-likeness (QED) is 0.727. The SMILES string of the molecule is NC(=O)CC1(NC(=O)Cc2ccccn2)COC1. The first-order valence-electron chi connectivity index (χ1n) is 5.67. The third kappa shape index (κ3) is 3.04. The molecule has 2 amide bonds. The van der Waals surface area contributed by atoms with Gasteiger partial charge in [-0.15, -0.1) is 0 Å². The Bertz CT molecular complexity index is 443. The Morgan fingerprint density at radius 2 is 2.22 bits per heavy atom. The van der Waals surface area contributed by atoms with Gasteiger partial charge in [0.05, 0.1) is 31.6 Å². The van der Waals surface area contributed by atoms with Crippen molar-refractivity contribution in [2.75, 3.05) is 13.2 Å². The van der Waals surface area contributed by atoms with Crippen molar-refractivity contribution in [3.63, 3.8) is 0 Å². The van der Waals surface area contributed by atoms with Crippen LogP contribution >= 0.6 is 0 Å². The maximum absolute atomic E-state index is 11.8. The Labute approximate surface area is 105 Å². The predicted molar refractivity (Wildman–Crippen MR) is 63.4 cm³/mol. The molecular formula is C12H15N3O3. The molecule has 0 radical (unpaired) electrons. The number of pyridine rings is 1. The lowest BCUT2D eigenvalue weighted by Gasteiger charge is -2.41. The number of carbonyl (C=O) groups is 2. The first-order valence-corrected chi connectivity index (χ1v) is 5.67. The minimum atomic E-state index is -0.627. The number of primary amides is 1. The zero-order valence-corrected chi connectivity index (χ0v) is 9.89. The zero-order chi connectivity index (χ0) is 13.0. The normalized spacial score (nSPS) is 16.7. The molecule has 0 aliphatic carbocycles. The molecule has 6 heteroatoms. The summed E-state index contributed by atoms with van der Waals surface area (Å²) in [6.45, 7) is 0.647. The smallest absolute Gasteiger partial charge is 0.226 e. The lowest BCUT2D eigenvalue weighted by molar-refractivity contribution is -0.138. The molecule has 2 heterocycles. The fourth-order valence-corrected chi connectivity index (χ4v) is 1.91. The standard InChI is InChI=1S/C12H15N3O3/c13-10(16)6-12(7-18-8-12)15-11(17)5-9-3-1-2-4-14-9/h1-4H,5-8H2,(H2,13,16)(H,15,17). The summed E-state index contributed by atoms with van der Waals surface area (Å²) in [5, 5.41) is 2.80. The highest BCUT2D eigenvalue weighted by Gasteiger charge is 2.41. The molecule has 1 aliphatic heterocycles. The number of nitrogens with one attached hydrogen (secondary N) is 1. The van der Waals surface area contributed by atoms with Gasteiger partial charge in [-0.05, 0) is 12.1 Å². The summed E-state index contributed by atoms with van der Waals surface area (Å²) in [7, 11) is 0. The average Bonchev–Trinajstić information content (AvgIpc) is 2.26. The second-order valence-corrected chi connectivity index (χ2v) is 4.46. The molecule has 1 aromatic rings. The minimum Gasteiger partial charge on any atom is -0.376 e. The highest BCUT2D eigenvalue weighted by Crippen LogP contribution is 2.20. The number of rotatable bonds is 5. The van der Waals surface area contributed by atoms with Gasteiger partial charge in [-0.2, -0.15) is 0 Å². The van der Waals surface area contributed by atoms with Crippen LogP contribution in [-0.4, -0.2) is 35.6 Å². The van der Waals surface area contributed by atoms with Crippen molar-refractivity contribution in [3.05, 3.63) is 30.1 Å². The van der Waals surface area contributed by atoms with E-state index in [1.165, 1.54) is 0 Å². The summed E-state index contributed by atoms with van der Waals surface area (Å²) in [5.74, 6) is -0.630. The fraction of sp³-hybridized carbons (Fsp3) is 0.417. The molecule has 1 aliphatic rings. The highest BCUT2D eigenvalue weighted by atomic mass is 16.5. The summed E-state index contributed by atoms with van der Waals surface area (Å²) in [5.41, 5.74) is 5.22. The Kier molecular flexibility index (Phi) is 3.57. The summed E-state index contributed by atoms with van der Waals surface area (Å²) < 4.78 is 5.05. The third-order valence-electron chi connectivity index (χ3n) is 2.74. The van der Waals surface area contributed by atoms with Crippen LogP contribution in [0.1, 0.15) is 12.1 Å². The largest absolute Gasteiger partial charge is 0.376 e. The molecule has 0 unspecified atom stereocenters. The average molecular weight is 249 g/mol. The molecule has 0 atom stereocenters. The van der Waals surface area contributed by atoms with Gasteiger partial charge in [-0.1, -0.05) is 6.07 Å². The van der Waals surface area contributed by atoms with Gasteiger partial charge in [0, 0.05) is 11.9 Å². The molecule has 0 bridgehead atoms. The summed E-state index contributed by atoms with van der Waals surface area (Å²) in [4.78, 5) is 26.9. The van der Waals surface area contributed by atoms with E-state index in [4.69, 9.17) is 10.5 Å². The first-order chi connectivity index (χ1) is 8.60. The van der Waals surface area contributed by atoms with Crippen molar-refractivity contribution in [2.24, 2.45) is 5.73 Å². The van der Waals surface area contributed by atoms with Crippen molar-refractivity contribution in [1.82, 2.24) is 10.3 Å². The van der Waals surface area contributed by atoms with Crippen LogP contribution in [0.4, 0.5) is 0 Å². The molecule has 1 saturated heterocycles. The molecule has 0 spiro atoms. The van der Waals surface area contributed by atoms with Gasteiger partial charge in [0.1, 0.15) is 0 Å². The number of amides is 2. The predicted octanol–water partition coefficient (Wildman–Crippen LogP) is -0.615. The van der Waals surface area contributed by atoms with Crippen LogP contribution in [0.15, 0.2) is 24.4 Å². The van der Waals surface area contributed by atoms with E-state index in [-0.39, 0.29) is 18.7 Å². The number of nitrogens with zero attached hydrogens (tertiary/aromatic N) is 1. The second kappa shape index (κ2) is 5.14. The number of nitrogens with two attached hydrogens (primary N) is 1. The van der Waals surface area contributed by atoms with Gasteiger partial charge in [0.25, 0.3) is 0 Å². The van der Waals surface area contributed by atoms with E-state index in [0.29, 0.717) is 18.9 Å². The number of carbonyl (C=O) groups excluding carboxylic acids is 2.